The summed E-state index contributed by atoms with van der Waals surface area (Å²) in [5.74, 6) is -0.845. The molecule has 1 aliphatic rings. The number of hydrogen-bond donors (Lipinski definition) is 1. The number of nitrogens with one attached hydrogen (secondary N) is 1. The minimum absolute atomic E-state index is 0.0313. The number of carbonyl (C=O) groups is 2. The van der Waals surface area contributed by atoms with Gasteiger partial charge in [0.05, 0.1) is 17.1 Å². The third-order valence-corrected chi connectivity index (χ3v) is 7.19. The molecule has 0 unspecified atom stereocenters. The Morgan fingerprint density at radius 2 is 1.76 bits per heavy atom. The minimum Gasteiger partial charge on any atom is -0.482 e. The first-order valence-corrected chi connectivity index (χ1v) is 14.2. The van der Waals surface area contributed by atoms with E-state index in [4.69, 9.17) is 4.74 Å². The number of nitrogens with zero attached hydrogens (tertiary/aromatic N) is 5. The maximum absolute atomic E-state index is 12.9. The number of aryl methyl sites for hydroxylation is 2. The van der Waals surface area contributed by atoms with Crippen LogP contribution in [-0.2, 0) is 4.79 Å². The number of aromatic nitrogens is 3. The molecule has 1 N–H and O–H groups in total. The molecule has 1 saturated heterocycles. The summed E-state index contributed by atoms with van der Waals surface area (Å²) in [6.45, 7) is 1.83. The van der Waals surface area contributed by atoms with Crippen LogP contribution in [-0.4, -0.2) is 56.8 Å². The topological polar surface area (TPSA) is 111 Å². The number of amides is 3. The quantitative estimate of drug-likeness (QED) is 0.211. The lowest BCUT2D eigenvalue weighted by atomic mass is 10.1. The molecule has 4 aromatic rings. The van der Waals surface area contributed by atoms with E-state index in [1.54, 1.807) is 32.0 Å². The zero-order chi connectivity index (χ0) is 33.2. The molecule has 0 spiro atoms. The normalized spacial score (nSPS) is 14.6. The maximum Gasteiger partial charge on any atom is 0.573 e. The van der Waals surface area contributed by atoms with Gasteiger partial charge in [-0.15, -0.1) is 18.3 Å². The van der Waals surface area contributed by atoms with Crippen molar-refractivity contribution in [3.63, 3.8) is 0 Å². The van der Waals surface area contributed by atoms with Gasteiger partial charge < -0.3 is 14.8 Å². The van der Waals surface area contributed by atoms with Gasteiger partial charge in [-0.05, 0) is 79.6 Å². The number of anilines is 2. The smallest absolute Gasteiger partial charge is 0.482 e. The van der Waals surface area contributed by atoms with Gasteiger partial charge in [0.1, 0.15) is 17.8 Å². The molecule has 17 heteroatoms. The molecule has 1 aromatic heterocycles. The summed E-state index contributed by atoms with van der Waals surface area (Å²) in [7, 11) is 0. The number of ether oxygens (including phenoxy) is 2. The third kappa shape index (κ3) is 7.96. The molecule has 0 bridgehead atoms. The molecule has 1 fully saturated rings. The number of carbonyl (C=O) groups excluding carboxylic acids is 2. The Labute approximate surface area is 261 Å². The van der Waals surface area contributed by atoms with Crippen LogP contribution in [0, 0.1) is 13.8 Å². The SMILES string of the molecule is Cc1ccc(OCC(F)(F)F)c(N2C(=O)CSC2=NC(=O)Nc2ccc(-c3ncn(-c4ccc(OC(F)(F)F)cc4)n3)cc2C)c1. The predicted molar refractivity (Wildman–Crippen MR) is 157 cm³/mol. The third-order valence-electron chi connectivity index (χ3n) is 6.26. The Bertz CT molecular complexity index is 1810. The van der Waals surface area contributed by atoms with Gasteiger partial charge >= 0.3 is 18.6 Å². The molecule has 46 heavy (non-hydrogen) atoms. The summed E-state index contributed by atoms with van der Waals surface area (Å²) in [5, 5.41) is 6.95. The van der Waals surface area contributed by atoms with Crippen LogP contribution in [0.3, 0.4) is 0 Å². The standard InChI is InChI=1S/C29H22F6N6O4S/c1-16-3-10-23(44-14-28(30,31)32)22(11-16)41-24(42)13-46-27(41)38-26(43)37-21-9-4-18(12-17(21)2)25-36-15-40(39-25)19-5-7-20(8-6-19)45-29(33,34)35/h3-12,15H,13-14H2,1-2H3,(H,37,43). The van der Waals surface area contributed by atoms with Gasteiger partial charge in [0.25, 0.3) is 0 Å². The summed E-state index contributed by atoms with van der Waals surface area (Å²) in [6, 6.07) is 13.5. The molecule has 0 saturated carbocycles. The van der Waals surface area contributed by atoms with E-state index in [0.717, 1.165) is 28.8 Å². The van der Waals surface area contributed by atoms with Crippen molar-refractivity contribution in [2.24, 2.45) is 4.99 Å². The average Bonchev–Trinajstić information content (AvgIpc) is 3.59. The van der Waals surface area contributed by atoms with Crippen molar-refractivity contribution in [1.82, 2.24) is 14.8 Å². The fourth-order valence-corrected chi connectivity index (χ4v) is 5.12. The number of hydrogen-bond acceptors (Lipinski definition) is 7. The first-order chi connectivity index (χ1) is 21.6. The molecular weight excluding hydrogens is 642 g/mol. The number of halogens is 6. The number of benzene rings is 3. The van der Waals surface area contributed by atoms with Crippen LogP contribution in [0.4, 0.5) is 42.5 Å². The zero-order valence-corrected chi connectivity index (χ0v) is 24.6. The highest BCUT2D eigenvalue weighted by molar-refractivity contribution is 8.15. The molecule has 0 radical (unpaired) electrons. The fraction of sp³-hybridized carbons (Fsp3) is 0.207. The molecule has 2 heterocycles. The van der Waals surface area contributed by atoms with Crippen LogP contribution < -0.4 is 19.7 Å². The Kier molecular flexibility index (Phi) is 8.96. The first kappa shape index (κ1) is 32.3. The van der Waals surface area contributed by atoms with Gasteiger partial charge in [-0.25, -0.2) is 14.5 Å². The van der Waals surface area contributed by atoms with E-state index in [-0.39, 0.29) is 28.1 Å². The van der Waals surface area contributed by atoms with Crippen LogP contribution in [0.25, 0.3) is 17.1 Å². The van der Waals surface area contributed by atoms with Gasteiger partial charge in [-0.3, -0.25) is 9.69 Å². The van der Waals surface area contributed by atoms with Crippen molar-refractivity contribution in [3.8, 4) is 28.6 Å². The molecule has 240 valence electrons. The van der Waals surface area contributed by atoms with Crippen LogP contribution >= 0.6 is 11.8 Å². The highest BCUT2D eigenvalue weighted by atomic mass is 32.2. The van der Waals surface area contributed by atoms with Gasteiger partial charge in [0.15, 0.2) is 17.6 Å². The van der Waals surface area contributed by atoms with Crippen molar-refractivity contribution in [3.05, 3.63) is 78.1 Å². The van der Waals surface area contributed by atoms with E-state index in [1.165, 1.54) is 41.3 Å². The van der Waals surface area contributed by atoms with E-state index >= 15 is 0 Å². The van der Waals surface area contributed by atoms with Crippen molar-refractivity contribution in [1.29, 1.82) is 0 Å². The van der Waals surface area contributed by atoms with Crippen LogP contribution in [0.15, 0.2) is 72.0 Å². The molecular formula is C29H22F6N6O4S. The molecule has 5 rings (SSSR count). The molecule has 3 amide bonds. The van der Waals surface area contributed by atoms with E-state index < -0.39 is 31.1 Å². The molecule has 0 aliphatic carbocycles. The van der Waals surface area contributed by atoms with E-state index in [0.29, 0.717) is 33.9 Å². The summed E-state index contributed by atoms with van der Waals surface area (Å²) in [4.78, 5) is 34.9. The minimum atomic E-state index is -4.81. The van der Waals surface area contributed by atoms with Crippen molar-refractivity contribution >= 4 is 40.2 Å². The van der Waals surface area contributed by atoms with Gasteiger partial charge in [0.2, 0.25) is 5.91 Å². The van der Waals surface area contributed by atoms with Gasteiger partial charge in [0, 0.05) is 11.3 Å². The molecule has 3 aromatic carbocycles. The van der Waals surface area contributed by atoms with Crippen molar-refractivity contribution < 1.29 is 45.4 Å². The summed E-state index contributed by atoms with van der Waals surface area (Å²) in [6.07, 6.45) is -8.02. The predicted octanol–water partition coefficient (Wildman–Crippen LogP) is 7.06. The van der Waals surface area contributed by atoms with Crippen molar-refractivity contribution in [2.45, 2.75) is 26.4 Å². The van der Waals surface area contributed by atoms with E-state index in [2.05, 4.69) is 25.1 Å². The molecule has 1 aliphatic heterocycles. The summed E-state index contributed by atoms with van der Waals surface area (Å²) >= 11 is 0.950. The van der Waals surface area contributed by atoms with Crippen LogP contribution in [0.1, 0.15) is 11.1 Å². The van der Waals surface area contributed by atoms with Gasteiger partial charge in [-0.1, -0.05) is 17.8 Å². The number of amidine groups is 1. The lowest BCUT2D eigenvalue weighted by molar-refractivity contribution is -0.274. The van der Waals surface area contributed by atoms with Crippen LogP contribution in [0.5, 0.6) is 11.5 Å². The number of urea groups is 1. The van der Waals surface area contributed by atoms with Gasteiger partial charge in [-0.2, -0.15) is 18.2 Å². The lowest BCUT2D eigenvalue weighted by Gasteiger charge is -2.21. The number of alkyl halides is 6. The fourth-order valence-electron chi connectivity index (χ4n) is 4.26. The second-order valence-corrected chi connectivity index (χ2v) is 10.7. The maximum atomic E-state index is 12.9. The Morgan fingerprint density at radius 1 is 1.02 bits per heavy atom. The first-order valence-electron chi connectivity index (χ1n) is 13.2. The molecule has 10 nitrogen and oxygen atoms in total. The monoisotopic (exact) mass is 664 g/mol. The number of rotatable bonds is 7. The zero-order valence-electron chi connectivity index (χ0n) is 23.8. The summed E-state index contributed by atoms with van der Waals surface area (Å²) < 4.78 is 85.9. The number of aliphatic imine (C=N–C) groups is 1. The van der Waals surface area contributed by atoms with E-state index in [9.17, 15) is 35.9 Å². The lowest BCUT2D eigenvalue weighted by Crippen LogP contribution is -2.31. The second kappa shape index (κ2) is 12.7. The van der Waals surface area contributed by atoms with E-state index in [1.807, 2.05) is 0 Å². The largest absolute Gasteiger partial charge is 0.573 e. The molecule has 0 atom stereocenters. The number of thioether (sulfide) groups is 1. The Hall–Kier alpha value is -5.06. The highest BCUT2D eigenvalue weighted by Crippen LogP contribution is 2.36. The Morgan fingerprint density at radius 3 is 2.43 bits per heavy atom. The van der Waals surface area contributed by atoms with Crippen LogP contribution in [0.2, 0.25) is 0 Å². The highest BCUT2D eigenvalue weighted by Gasteiger charge is 2.35. The van der Waals surface area contributed by atoms with Crippen molar-refractivity contribution in [2.75, 3.05) is 22.6 Å². The Balaban J connectivity index is 1.30. The summed E-state index contributed by atoms with van der Waals surface area (Å²) in [5.41, 5.74) is 2.67. The second-order valence-electron chi connectivity index (χ2n) is 9.80. The average molecular weight is 665 g/mol.